The van der Waals surface area contributed by atoms with Crippen molar-refractivity contribution in [2.45, 2.75) is 13.0 Å². The summed E-state index contributed by atoms with van der Waals surface area (Å²) < 4.78 is 12.8. The maximum atomic E-state index is 10.7. The van der Waals surface area contributed by atoms with Gasteiger partial charge in [-0.1, -0.05) is 0 Å². The Bertz CT molecular complexity index is 364. The Morgan fingerprint density at radius 2 is 2.24 bits per heavy atom. The highest BCUT2D eigenvalue weighted by Gasteiger charge is 2.08. The first-order chi connectivity index (χ1) is 8.15. The van der Waals surface area contributed by atoms with Crippen LogP contribution in [0.25, 0.3) is 0 Å². The minimum absolute atomic E-state index is 0.289. The molecule has 1 N–H and O–H groups in total. The Morgan fingerprint density at radius 1 is 1.47 bits per heavy atom. The Kier molecular flexibility index (Phi) is 6.25. The average molecular weight is 306 g/mol. The lowest BCUT2D eigenvalue weighted by atomic mass is 10.3. The minimum Gasteiger partial charge on any atom is -0.478 e. The van der Waals surface area contributed by atoms with Crippen LogP contribution in [0, 0.1) is 0 Å². The number of hydrogen-bond donors (Lipinski definition) is 1. The first-order valence-corrected chi connectivity index (χ1v) is 6.10. The first kappa shape index (κ1) is 14.2. The van der Waals surface area contributed by atoms with Crippen LogP contribution in [-0.2, 0) is 16.0 Å². The molecule has 1 heterocycles. The van der Waals surface area contributed by atoms with Crippen molar-refractivity contribution in [3.63, 3.8) is 0 Å². The first-order valence-electron chi connectivity index (χ1n) is 5.31. The Morgan fingerprint density at radius 3 is 2.82 bits per heavy atom. The number of rotatable bonds is 8. The zero-order valence-corrected chi connectivity index (χ0v) is 11.3. The van der Waals surface area contributed by atoms with Gasteiger partial charge in [-0.25, -0.2) is 4.79 Å². The van der Waals surface area contributed by atoms with Crippen LogP contribution >= 0.6 is 15.9 Å². The molecule has 96 valence electrons. The van der Waals surface area contributed by atoms with Crippen LogP contribution in [0.15, 0.2) is 16.9 Å². The summed E-state index contributed by atoms with van der Waals surface area (Å²) in [6.45, 7) is 2.54. The average Bonchev–Trinajstić information content (AvgIpc) is 2.65. The lowest BCUT2D eigenvalue weighted by Crippen LogP contribution is -2.06. The Labute approximate surface area is 108 Å². The molecule has 0 atom stereocenters. The van der Waals surface area contributed by atoms with Gasteiger partial charge in [-0.15, -0.1) is 0 Å². The molecule has 0 amide bonds. The molecule has 6 heteroatoms. The van der Waals surface area contributed by atoms with Gasteiger partial charge in [-0.2, -0.15) is 0 Å². The van der Waals surface area contributed by atoms with E-state index in [9.17, 15) is 4.79 Å². The molecular formula is C11H16BrNO4. The van der Waals surface area contributed by atoms with Crippen LogP contribution in [0.4, 0.5) is 0 Å². The van der Waals surface area contributed by atoms with E-state index in [4.69, 9.17) is 14.6 Å². The monoisotopic (exact) mass is 305 g/mol. The summed E-state index contributed by atoms with van der Waals surface area (Å²) in [5.41, 5.74) is 0.289. The van der Waals surface area contributed by atoms with Gasteiger partial charge in [0.15, 0.2) is 0 Å². The smallest absolute Gasteiger partial charge is 0.337 e. The van der Waals surface area contributed by atoms with Gasteiger partial charge in [0.1, 0.15) is 0 Å². The zero-order chi connectivity index (χ0) is 12.7. The van der Waals surface area contributed by atoms with E-state index in [2.05, 4.69) is 15.9 Å². The lowest BCUT2D eigenvalue weighted by molar-refractivity contribution is 0.0679. The topological polar surface area (TPSA) is 60.7 Å². The number of ether oxygens (including phenoxy) is 2. The molecule has 1 aromatic heterocycles. The van der Waals surface area contributed by atoms with E-state index >= 15 is 0 Å². The molecule has 0 saturated heterocycles. The van der Waals surface area contributed by atoms with Crippen molar-refractivity contribution in [2.24, 2.45) is 0 Å². The fourth-order valence-corrected chi connectivity index (χ4v) is 1.87. The summed E-state index contributed by atoms with van der Waals surface area (Å²) in [6, 6.07) is 1.59. The third kappa shape index (κ3) is 4.89. The van der Waals surface area contributed by atoms with Crippen molar-refractivity contribution in [3.8, 4) is 0 Å². The van der Waals surface area contributed by atoms with Crippen LogP contribution in [-0.4, -0.2) is 42.6 Å². The number of carbonyl (C=O) groups is 1. The van der Waals surface area contributed by atoms with Gasteiger partial charge in [-0.3, -0.25) is 0 Å². The van der Waals surface area contributed by atoms with E-state index in [1.807, 2.05) is 4.57 Å². The van der Waals surface area contributed by atoms with Crippen LogP contribution in [0.5, 0.6) is 0 Å². The molecule has 0 spiro atoms. The molecule has 0 aliphatic rings. The van der Waals surface area contributed by atoms with Crippen molar-refractivity contribution in [3.05, 3.63) is 22.4 Å². The molecule has 1 rings (SSSR count). The van der Waals surface area contributed by atoms with E-state index in [1.54, 1.807) is 19.4 Å². The minimum atomic E-state index is -0.916. The molecule has 0 bridgehead atoms. The number of hydrogen-bond acceptors (Lipinski definition) is 3. The van der Waals surface area contributed by atoms with Crippen molar-refractivity contribution < 1.29 is 19.4 Å². The molecule has 0 unspecified atom stereocenters. The van der Waals surface area contributed by atoms with Crippen LogP contribution < -0.4 is 0 Å². The van der Waals surface area contributed by atoms with Crippen molar-refractivity contribution in [1.82, 2.24) is 4.57 Å². The quantitative estimate of drug-likeness (QED) is 0.746. The van der Waals surface area contributed by atoms with Gasteiger partial charge in [0.05, 0.1) is 23.4 Å². The largest absolute Gasteiger partial charge is 0.478 e. The van der Waals surface area contributed by atoms with E-state index in [0.29, 0.717) is 19.8 Å². The predicted octanol–water partition coefficient (Wildman–Crippen LogP) is 2.00. The number of methoxy groups -OCH3 is 1. The van der Waals surface area contributed by atoms with Gasteiger partial charge in [0.25, 0.3) is 0 Å². The van der Waals surface area contributed by atoms with E-state index in [-0.39, 0.29) is 5.56 Å². The molecule has 5 nitrogen and oxygen atoms in total. The predicted molar refractivity (Wildman–Crippen MR) is 66.4 cm³/mol. The SMILES string of the molecule is COCCOCCCn1cc(C(=O)O)cc1Br. The van der Waals surface area contributed by atoms with Gasteiger partial charge >= 0.3 is 5.97 Å². The van der Waals surface area contributed by atoms with Gasteiger partial charge in [0, 0.05) is 26.5 Å². The summed E-state index contributed by atoms with van der Waals surface area (Å²) >= 11 is 3.32. The molecule has 0 fully saturated rings. The van der Waals surface area contributed by atoms with Crippen molar-refractivity contribution in [1.29, 1.82) is 0 Å². The molecule has 0 aromatic carbocycles. The molecule has 0 aliphatic carbocycles. The fraction of sp³-hybridized carbons (Fsp3) is 0.545. The second-order valence-electron chi connectivity index (χ2n) is 3.51. The zero-order valence-electron chi connectivity index (χ0n) is 9.69. The standard InChI is InChI=1S/C11H16BrNO4/c1-16-5-6-17-4-2-3-13-8-9(11(14)15)7-10(13)12/h7-8H,2-6H2,1H3,(H,14,15). The summed E-state index contributed by atoms with van der Waals surface area (Å²) in [4.78, 5) is 10.7. The lowest BCUT2D eigenvalue weighted by Gasteiger charge is -2.05. The highest BCUT2D eigenvalue weighted by atomic mass is 79.9. The van der Waals surface area contributed by atoms with Crippen molar-refractivity contribution in [2.75, 3.05) is 26.9 Å². The number of aromatic carboxylic acids is 1. The number of halogens is 1. The van der Waals surface area contributed by atoms with Crippen molar-refractivity contribution >= 4 is 21.9 Å². The fourth-order valence-electron chi connectivity index (χ4n) is 1.35. The number of carboxylic acids is 1. The Hall–Kier alpha value is -0.850. The molecular weight excluding hydrogens is 290 g/mol. The molecule has 1 aromatic rings. The number of carboxylic acid groups (broad SMARTS) is 1. The van der Waals surface area contributed by atoms with Crippen LogP contribution in [0.1, 0.15) is 16.8 Å². The normalized spacial score (nSPS) is 10.7. The highest BCUT2D eigenvalue weighted by Crippen LogP contribution is 2.15. The van der Waals surface area contributed by atoms with E-state index in [0.717, 1.165) is 17.6 Å². The maximum absolute atomic E-state index is 10.7. The molecule has 0 radical (unpaired) electrons. The van der Waals surface area contributed by atoms with E-state index in [1.165, 1.54) is 0 Å². The second kappa shape index (κ2) is 7.47. The number of aromatic nitrogens is 1. The van der Waals surface area contributed by atoms with Crippen LogP contribution in [0.3, 0.4) is 0 Å². The number of aryl methyl sites for hydroxylation is 1. The molecule has 17 heavy (non-hydrogen) atoms. The Balaban J connectivity index is 2.29. The highest BCUT2D eigenvalue weighted by molar-refractivity contribution is 9.10. The van der Waals surface area contributed by atoms with Gasteiger partial charge in [0.2, 0.25) is 0 Å². The summed E-state index contributed by atoms with van der Waals surface area (Å²) in [5.74, 6) is -0.916. The van der Waals surface area contributed by atoms with E-state index < -0.39 is 5.97 Å². The third-order valence-electron chi connectivity index (χ3n) is 2.21. The second-order valence-corrected chi connectivity index (χ2v) is 4.32. The summed E-state index contributed by atoms with van der Waals surface area (Å²) in [7, 11) is 1.63. The molecule has 0 saturated carbocycles. The molecule has 0 aliphatic heterocycles. The third-order valence-corrected chi connectivity index (χ3v) is 2.89. The number of nitrogens with zero attached hydrogens (tertiary/aromatic N) is 1. The van der Waals surface area contributed by atoms with Gasteiger partial charge in [-0.05, 0) is 28.4 Å². The van der Waals surface area contributed by atoms with Gasteiger partial charge < -0.3 is 19.1 Å². The summed E-state index contributed by atoms with van der Waals surface area (Å²) in [5, 5.41) is 8.82. The summed E-state index contributed by atoms with van der Waals surface area (Å²) in [6.07, 6.45) is 2.44. The maximum Gasteiger partial charge on any atom is 0.337 e. The van der Waals surface area contributed by atoms with Crippen LogP contribution in [0.2, 0.25) is 0 Å².